The normalized spacial score (nSPS) is 36.2. The number of aliphatic hydroxyl groups excluding tert-OH is 1. The van der Waals surface area contributed by atoms with E-state index in [0.29, 0.717) is 0 Å². The van der Waals surface area contributed by atoms with Crippen molar-refractivity contribution < 1.29 is 53.1 Å². The maximum atomic E-state index is 14.4. The maximum absolute atomic E-state index is 14.4. The van der Waals surface area contributed by atoms with Crippen LogP contribution < -0.4 is 0 Å². The van der Waals surface area contributed by atoms with Gasteiger partial charge in [0.2, 0.25) is 0 Å². The molecular weight excluding hydrogens is 632 g/mol. The van der Waals surface area contributed by atoms with Crippen LogP contribution in [0.25, 0.3) is 0 Å². The molecule has 0 spiro atoms. The van der Waals surface area contributed by atoms with Crippen LogP contribution in [0.4, 0.5) is 0 Å². The second-order valence-electron chi connectivity index (χ2n) is 14.6. The van der Waals surface area contributed by atoms with Crippen molar-refractivity contribution in [1.29, 1.82) is 0 Å². The number of Topliss-reactive ketones (excluding diaryl/α,β-unsaturated/α-hetero) is 1. The van der Waals surface area contributed by atoms with Crippen molar-refractivity contribution >= 4 is 29.7 Å². The number of hydrogen-bond donors (Lipinski definition) is 2. The first-order chi connectivity index (χ1) is 22.9. The minimum atomic E-state index is -2.49. The quantitative estimate of drug-likeness (QED) is 0.245. The number of allylic oxidation sites excluding steroid dienone is 1. The fraction of sp³-hybridized carbons (Fsp3) is 0.500. The Morgan fingerprint density at radius 3 is 1.76 bits per heavy atom. The third kappa shape index (κ3) is 5.86. The first-order valence-corrected chi connectivity index (χ1v) is 16.4. The van der Waals surface area contributed by atoms with Crippen LogP contribution in [-0.2, 0) is 33.3 Å². The Kier molecular flexibility index (Phi) is 9.42. The zero-order chi connectivity index (χ0) is 36.1. The molecule has 0 radical (unpaired) electrons. The molecule has 0 saturated heterocycles. The van der Waals surface area contributed by atoms with E-state index < -0.39 is 93.9 Å². The number of fused-ring (bicyclic) bond motifs is 3. The summed E-state index contributed by atoms with van der Waals surface area (Å²) in [6.45, 7) is 12.8. The molecule has 0 aromatic heterocycles. The molecule has 10 atom stereocenters. The van der Waals surface area contributed by atoms with Gasteiger partial charge in [0.1, 0.15) is 18.3 Å². The fourth-order valence-electron chi connectivity index (χ4n) is 9.01. The van der Waals surface area contributed by atoms with Crippen molar-refractivity contribution in [3.8, 4) is 0 Å². The average molecular weight is 677 g/mol. The Balaban J connectivity index is 1.76. The topological polar surface area (TPSA) is 163 Å². The molecule has 0 heterocycles. The second-order valence-corrected chi connectivity index (χ2v) is 14.6. The number of carbonyl (C=O) groups excluding carboxylic acids is 5. The van der Waals surface area contributed by atoms with Crippen LogP contribution in [0.5, 0.6) is 0 Å². The van der Waals surface area contributed by atoms with E-state index in [-0.39, 0.29) is 24.0 Å². The minimum absolute atomic E-state index is 0.151. The number of carbonyl (C=O) groups is 5. The maximum Gasteiger partial charge on any atom is 0.338 e. The molecule has 11 nitrogen and oxygen atoms in total. The molecule has 0 unspecified atom stereocenters. The first kappa shape index (κ1) is 35.9. The summed E-state index contributed by atoms with van der Waals surface area (Å²) in [6.07, 6.45) is -6.03. The van der Waals surface area contributed by atoms with E-state index in [0.717, 1.165) is 13.8 Å². The van der Waals surface area contributed by atoms with Gasteiger partial charge >= 0.3 is 23.9 Å². The number of aliphatic hydroxyl groups is 2. The van der Waals surface area contributed by atoms with Crippen LogP contribution in [0.2, 0.25) is 0 Å². The van der Waals surface area contributed by atoms with Gasteiger partial charge in [-0.3, -0.25) is 14.4 Å². The summed E-state index contributed by atoms with van der Waals surface area (Å²) >= 11 is 0. The Bertz CT molecular complexity index is 1640. The number of ketones is 1. The monoisotopic (exact) mass is 676 g/mol. The van der Waals surface area contributed by atoms with Crippen LogP contribution in [-0.4, -0.2) is 76.0 Å². The molecule has 11 heteroatoms. The summed E-state index contributed by atoms with van der Waals surface area (Å²) in [4.78, 5) is 67.3. The van der Waals surface area contributed by atoms with E-state index in [1.165, 1.54) is 25.1 Å². The Morgan fingerprint density at radius 1 is 0.796 bits per heavy atom. The summed E-state index contributed by atoms with van der Waals surface area (Å²) in [5, 5.41) is 24.8. The molecular formula is C38H44O11. The van der Waals surface area contributed by atoms with E-state index in [1.54, 1.807) is 69.3 Å². The number of rotatable bonds is 7. The number of hydrogen-bond acceptors (Lipinski definition) is 11. The van der Waals surface area contributed by atoms with Gasteiger partial charge < -0.3 is 29.2 Å². The predicted molar refractivity (Wildman–Crippen MR) is 175 cm³/mol. The average Bonchev–Trinajstić information content (AvgIpc) is 3.05. The van der Waals surface area contributed by atoms with Gasteiger partial charge in [0, 0.05) is 36.0 Å². The molecule has 5 rings (SSSR count). The summed E-state index contributed by atoms with van der Waals surface area (Å²) in [7, 11) is 0. The van der Waals surface area contributed by atoms with Gasteiger partial charge in [-0.2, -0.15) is 0 Å². The van der Waals surface area contributed by atoms with Crippen molar-refractivity contribution in [2.45, 2.75) is 90.5 Å². The van der Waals surface area contributed by atoms with Crippen molar-refractivity contribution in [3.05, 3.63) is 84.4 Å². The summed E-state index contributed by atoms with van der Waals surface area (Å²) in [5.41, 5.74) is -6.23. The van der Waals surface area contributed by atoms with E-state index in [9.17, 15) is 34.2 Å². The molecule has 3 saturated carbocycles. The SMILES string of the molecule is C=C[C@@]1(C)C[C@@H](O)[C@H]2[C@](O)(C1=O)[C@H](OC(C)=O)C[C@H]1C(C)(C)[C@H](OC(=O)c3ccccc3)[C@H](OC(C)=O)[C@H](OC(=O)c3ccccc3)[C@@]12C. The molecule has 3 fully saturated rings. The van der Waals surface area contributed by atoms with Gasteiger partial charge in [-0.15, -0.1) is 6.58 Å². The molecule has 262 valence electrons. The highest BCUT2D eigenvalue weighted by molar-refractivity contribution is 5.96. The molecule has 2 N–H and O–H groups in total. The molecule has 0 bridgehead atoms. The van der Waals surface area contributed by atoms with Gasteiger partial charge in [-0.05, 0) is 49.9 Å². The third-order valence-corrected chi connectivity index (χ3v) is 11.1. The van der Waals surface area contributed by atoms with Crippen molar-refractivity contribution in [2.75, 3.05) is 0 Å². The summed E-state index contributed by atoms with van der Waals surface area (Å²) in [6, 6.07) is 16.3. The van der Waals surface area contributed by atoms with Crippen LogP contribution in [0.15, 0.2) is 73.3 Å². The van der Waals surface area contributed by atoms with Crippen molar-refractivity contribution in [1.82, 2.24) is 0 Å². The second kappa shape index (κ2) is 12.8. The van der Waals surface area contributed by atoms with E-state index >= 15 is 0 Å². The van der Waals surface area contributed by atoms with E-state index in [4.69, 9.17) is 18.9 Å². The molecule has 2 aromatic carbocycles. The molecule has 2 aromatic rings. The predicted octanol–water partition coefficient (Wildman–Crippen LogP) is 4.24. The minimum Gasteiger partial charge on any atom is -0.459 e. The van der Waals surface area contributed by atoms with Gasteiger partial charge in [0.15, 0.2) is 17.5 Å². The van der Waals surface area contributed by atoms with Gasteiger partial charge in [0.05, 0.1) is 17.2 Å². The lowest BCUT2D eigenvalue weighted by atomic mass is 9.38. The lowest BCUT2D eigenvalue weighted by Gasteiger charge is -2.69. The molecule has 3 aliphatic carbocycles. The van der Waals surface area contributed by atoms with Gasteiger partial charge in [-0.25, -0.2) is 9.59 Å². The standard InChI is InChI=1S/C38H44O11/c1-8-36(6)20-25(41)29-37(7)26(19-27(46-21(2)39)38(29,45)34(36)44)35(4,5)30(48-32(42)23-15-11-9-12-16-23)28(47-22(3)40)31(37)49-33(43)24-17-13-10-14-18-24/h8-18,25-31,41,45H,1,19-20H2,2-7H3/t25-,26+,27-,28+,29-,30-,31+,36+,37+,38+/m1/s1. The summed E-state index contributed by atoms with van der Waals surface area (Å²) < 4.78 is 24.1. The van der Waals surface area contributed by atoms with E-state index in [1.807, 2.05) is 0 Å². The Hall–Kier alpha value is -4.35. The molecule has 0 aliphatic heterocycles. The Labute approximate surface area is 285 Å². The lowest BCUT2D eigenvalue weighted by molar-refractivity contribution is -0.313. The van der Waals surface area contributed by atoms with E-state index in [2.05, 4.69) is 6.58 Å². The van der Waals surface area contributed by atoms with Crippen LogP contribution in [0, 0.1) is 28.1 Å². The third-order valence-electron chi connectivity index (χ3n) is 11.1. The van der Waals surface area contributed by atoms with Crippen molar-refractivity contribution in [3.63, 3.8) is 0 Å². The van der Waals surface area contributed by atoms with Gasteiger partial charge in [-0.1, -0.05) is 63.2 Å². The fourth-order valence-corrected chi connectivity index (χ4v) is 9.01. The molecule has 0 amide bonds. The first-order valence-electron chi connectivity index (χ1n) is 16.4. The Morgan fingerprint density at radius 2 is 1.29 bits per heavy atom. The van der Waals surface area contributed by atoms with Crippen LogP contribution >= 0.6 is 0 Å². The van der Waals surface area contributed by atoms with Gasteiger partial charge in [0.25, 0.3) is 0 Å². The number of esters is 4. The van der Waals surface area contributed by atoms with Crippen LogP contribution in [0.3, 0.4) is 0 Å². The highest BCUT2D eigenvalue weighted by Gasteiger charge is 2.78. The molecule has 49 heavy (non-hydrogen) atoms. The summed E-state index contributed by atoms with van der Waals surface area (Å²) in [5.74, 6) is -5.99. The molecule has 3 aliphatic rings. The number of ether oxygens (including phenoxy) is 4. The van der Waals surface area contributed by atoms with Crippen molar-refractivity contribution in [2.24, 2.45) is 28.1 Å². The smallest absolute Gasteiger partial charge is 0.338 e. The zero-order valence-electron chi connectivity index (χ0n) is 28.6. The lowest BCUT2D eigenvalue weighted by Crippen LogP contribution is -2.80. The largest absolute Gasteiger partial charge is 0.459 e. The van der Waals surface area contributed by atoms with Crippen LogP contribution in [0.1, 0.15) is 75.1 Å². The highest BCUT2D eigenvalue weighted by atomic mass is 16.6. The highest BCUT2D eigenvalue weighted by Crippen LogP contribution is 2.67. The zero-order valence-corrected chi connectivity index (χ0v) is 28.6. The number of benzene rings is 2.